The van der Waals surface area contributed by atoms with E-state index in [1.54, 1.807) is 7.05 Å². The van der Waals surface area contributed by atoms with Crippen LogP contribution in [-0.2, 0) is 14.1 Å². The highest BCUT2D eigenvalue weighted by Gasteiger charge is 2.20. The predicted octanol–water partition coefficient (Wildman–Crippen LogP) is 2.60. The van der Waals surface area contributed by atoms with E-state index in [0.717, 1.165) is 11.3 Å². The van der Waals surface area contributed by atoms with Crippen LogP contribution in [0.1, 0.15) is 25.5 Å². The second-order valence-electron chi connectivity index (χ2n) is 6.31. The minimum atomic E-state index is -0.307. The van der Waals surface area contributed by atoms with Crippen LogP contribution in [0.3, 0.4) is 0 Å². The van der Waals surface area contributed by atoms with Crippen molar-refractivity contribution in [3.8, 4) is 11.3 Å². The Morgan fingerprint density at radius 3 is 2.13 bits per heavy atom. The van der Waals surface area contributed by atoms with Crippen molar-refractivity contribution >= 4 is 10.9 Å². The Balaban J connectivity index is 2.53. The first-order chi connectivity index (χ1) is 10.8. The molecule has 0 atom stereocenters. The maximum Gasteiger partial charge on any atom is 0.330 e. The Hall–Kier alpha value is -2.56. The summed E-state index contributed by atoms with van der Waals surface area (Å²) in [4.78, 5) is 24.9. The number of nitrogens with zero attached hydrogens (tertiary/aromatic N) is 3. The molecule has 5 nitrogen and oxygen atoms in total. The summed E-state index contributed by atoms with van der Waals surface area (Å²) in [5.41, 5.74) is 3.13. The minimum absolute atomic E-state index is 0.179. The quantitative estimate of drug-likeness (QED) is 0.730. The third-order valence-corrected chi connectivity index (χ3v) is 4.35. The summed E-state index contributed by atoms with van der Waals surface area (Å²) < 4.78 is 4.77. The van der Waals surface area contributed by atoms with E-state index in [4.69, 9.17) is 0 Å². The van der Waals surface area contributed by atoms with Crippen molar-refractivity contribution in [3.63, 3.8) is 0 Å². The van der Waals surface area contributed by atoms with E-state index in [0.29, 0.717) is 10.9 Å². The van der Waals surface area contributed by atoms with Gasteiger partial charge in [-0.15, -0.1) is 0 Å². The molecular weight excluding hydrogens is 290 g/mol. The number of rotatable bonds is 2. The van der Waals surface area contributed by atoms with E-state index in [1.807, 2.05) is 37.4 Å². The van der Waals surface area contributed by atoms with Crippen molar-refractivity contribution < 1.29 is 0 Å². The van der Waals surface area contributed by atoms with Gasteiger partial charge >= 0.3 is 5.69 Å². The smallest absolute Gasteiger partial charge is 0.330 e. The lowest BCUT2D eigenvalue weighted by Gasteiger charge is -2.13. The number of benzene rings is 1. The van der Waals surface area contributed by atoms with E-state index in [9.17, 15) is 9.59 Å². The van der Waals surface area contributed by atoms with Crippen LogP contribution in [-0.4, -0.2) is 13.7 Å². The molecule has 0 radical (unpaired) electrons. The van der Waals surface area contributed by atoms with Gasteiger partial charge in [-0.1, -0.05) is 29.8 Å². The summed E-state index contributed by atoms with van der Waals surface area (Å²) in [6, 6.07) is 8.29. The molecule has 0 aliphatic carbocycles. The van der Waals surface area contributed by atoms with Crippen LogP contribution in [0.2, 0.25) is 0 Å². The molecule has 0 spiro atoms. The number of aromatic nitrogens is 3. The van der Waals surface area contributed by atoms with Crippen LogP contribution >= 0.6 is 0 Å². The summed E-state index contributed by atoms with van der Waals surface area (Å²) >= 11 is 0. The number of aryl methyl sites for hydroxylation is 2. The molecule has 2 heterocycles. The Labute approximate surface area is 134 Å². The Morgan fingerprint density at radius 2 is 1.57 bits per heavy atom. The normalized spacial score (nSPS) is 11.6. The molecule has 1 aromatic carbocycles. The molecule has 0 bridgehead atoms. The molecule has 0 unspecified atom stereocenters. The van der Waals surface area contributed by atoms with Gasteiger partial charge in [-0.05, 0) is 26.3 Å². The van der Waals surface area contributed by atoms with Gasteiger partial charge < -0.3 is 4.57 Å². The first kappa shape index (κ1) is 15.3. The number of hydrogen-bond donors (Lipinski definition) is 0. The number of fused-ring (bicyclic) bond motifs is 1. The van der Waals surface area contributed by atoms with Crippen molar-refractivity contribution in [3.05, 3.63) is 56.9 Å². The van der Waals surface area contributed by atoms with E-state index in [2.05, 4.69) is 18.4 Å². The van der Waals surface area contributed by atoms with Gasteiger partial charge in [0.05, 0.1) is 16.6 Å². The maximum absolute atomic E-state index is 12.7. The summed E-state index contributed by atoms with van der Waals surface area (Å²) in [7, 11) is 3.23. The lowest BCUT2D eigenvalue weighted by Crippen LogP contribution is -2.36. The molecule has 0 N–H and O–H groups in total. The van der Waals surface area contributed by atoms with Crippen LogP contribution in [0.15, 0.2) is 40.1 Å². The van der Waals surface area contributed by atoms with E-state index >= 15 is 0 Å². The molecule has 0 aliphatic rings. The van der Waals surface area contributed by atoms with Crippen LogP contribution in [0.4, 0.5) is 0 Å². The zero-order valence-electron chi connectivity index (χ0n) is 14.1. The number of hydrogen-bond acceptors (Lipinski definition) is 2. The average molecular weight is 311 g/mol. The van der Waals surface area contributed by atoms with Gasteiger partial charge in [0.15, 0.2) is 0 Å². The maximum atomic E-state index is 12.7. The third kappa shape index (κ3) is 2.23. The fourth-order valence-electron chi connectivity index (χ4n) is 2.97. The fraction of sp³-hybridized carbons (Fsp3) is 0.333. The van der Waals surface area contributed by atoms with Gasteiger partial charge in [0.25, 0.3) is 5.56 Å². The average Bonchev–Trinajstić information content (AvgIpc) is 2.92. The zero-order chi connectivity index (χ0) is 16.9. The van der Waals surface area contributed by atoms with Crippen LogP contribution < -0.4 is 11.2 Å². The summed E-state index contributed by atoms with van der Waals surface area (Å²) in [6.45, 7) is 6.17. The highest BCUT2D eigenvalue weighted by molar-refractivity contribution is 5.93. The van der Waals surface area contributed by atoms with E-state index in [-0.39, 0.29) is 17.3 Å². The van der Waals surface area contributed by atoms with Gasteiger partial charge in [0.1, 0.15) is 0 Å². The summed E-state index contributed by atoms with van der Waals surface area (Å²) in [5.74, 6) is 0. The second-order valence-corrected chi connectivity index (χ2v) is 6.31. The molecule has 0 fully saturated rings. The largest absolute Gasteiger partial charge is 0.342 e. The first-order valence-electron chi connectivity index (χ1n) is 7.70. The van der Waals surface area contributed by atoms with E-state index < -0.39 is 0 Å². The van der Waals surface area contributed by atoms with Crippen LogP contribution in [0, 0.1) is 6.92 Å². The van der Waals surface area contributed by atoms with Gasteiger partial charge in [-0.25, -0.2) is 4.79 Å². The zero-order valence-corrected chi connectivity index (χ0v) is 14.1. The Bertz CT molecular complexity index is 1000. The van der Waals surface area contributed by atoms with Crippen LogP contribution in [0.25, 0.3) is 22.2 Å². The molecular formula is C18H21N3O2. The lowest BCUT2D eigenvalue weighted by atomic mass is 10.1. The highest BCUT2D eigenvalue weighted by atomic mass is 16.2. The van der Waals surface area contributed by atoms with Crippen molar-refractivity contribution in [1.82, 2.24) is 13.7 Å². The minimum Gasteiger partial charge on any atom is -0.342 e. The summed E-state index contributed by atoms with van der Waals surface area (Å²) in [5, 5.41) is 0.590. The van der Waals surface area contributed by atoms with Crippen molar-refractivity contribution in [2.24, 2.45) is 14.1 Å². The van der Waals surface area contributed by atoms with Gasteiger partial charge in [0, 0.05) is 26.3 Å². The van der Waals surface area contributed by atoms with Crippen molar-refractivity contribution in [1.29, 1.82) is 0 Å². The van der Waals surface area contributed by atoms with Crippen LogP contribution in [0.5, 0.6) is 0 Å². The fourth-order valence-corrected chi connectivity index (χ4v) is 2.97. The molecule has 0 saturated carbocycles. The first-order valence-corrected chi connectivity index (χ1v) is 7.70. The molecule has 3 aromatic rings. The van der Waals surface area contributed by atoms with E-state index in [1.165, 1.54) is 21.7 Å². The molecule has 0 amide bonds. The monoisotopic (exact) mass is 311 g/mol. The van der Waals surface area contributed by atoms with Crippen molar-refractivity contribution in [2.45, 2.75) is 26.8 Å². The second kappa shape index (κ2) is 5.26. The topological polar surface area (TPSA) is 48.9 Å². The van der Waals surface area contributed by atoms with Crippen molar-refractivity contribution in [2.75, 3.05) is 0 Å². The molecule has 2 aromatic heterocycles. The van der Waals surface area contributed by atoms with Gasteiger partial charge in [-0.2, -0.15) is 0 Å². The highest BCUT2D eigenvalue weighted by Crippen LogP contribution is 2.30. The molecule has 23 heavy (non-hydrogen) atoms. The SMILES string of the molecule is Cc1ccc(-c2c3c(=O)n(C)c(=O)n(C)c3cn2C(C)C)cc1. The standard InChI is InChI=1S/C18H21N3O2/c1-11(2)21-10-14-15(17(22)20(5)18(23)19(14)4)16(21)13-8-6-12(3)7-9-13/h6-11H,1-5H3. The third-order valence-electron chi connectivity index (χ3n) is 4.35. The Morgan fingerprint density at radius 1 is 0.957 bits per heavy atom. The predicted molar refractivity (Wildman–Crippen MR) is 93.0 cm³/mol. The molecule has 5 heteroatoms. The Kier molecular flexibility index (Phi) is 3.51. The van der Waals surface area contributed by atoms with Gasteiger partial charge in [0.2, 0.25) is 0 Å². The van der Waals surface area contributed by atoms with Gasteiger partial charge in [-0.3, -0.25) is 13.9 Å². The molecule has 0 aliphatic heterocycles. The summed E-state index contributed by atoms with van der Waals surface area (Å²) in [6.07, 6.45) is 1.90. The molecule has 3 rings (SSSR count). The molecule has 120 valence electrons. The molecule has 0 saturated heterocycles. The lowest BCUT2D eigenvalue weighted by molar-refractivity contribution is 0.610.